The van der Waals surface area contributed by atoms with Crippen molar-refractivity contribution >= 4 is 38.6 Å². The quantitative estimate of drug-likeness (QED) is 0.547. The molecule has 0 aliphatic carbocycles. The molecule has 0 atom stereocenters. The molecular weight excluding hydrogens is 380 g/mol. The van der Waals surface area contributed by atoms with E-state index in [1.54, 1.807) is 48.5 Å². The summed E-state index contributed by atoms with van der Waals surface area (Å²) < 4.78 is 14.6. The number of carbonyl (C=O) groups excluding carboxylic acids is 2. The molecule has 1 amide bonds. The predicted molar refractivity (Wildman–Crippen MR) is 96.1 cm³/mol. The first-order chi connectivity index (χ1) is 12.1. The first kappa shape index (κ1) is 17.1. The van der Waals surface area contributed by atoms with Crippen molar-refractivity contribution in [1.29, 1.82) is 0 Å². The van der Waals surface area contributed by atoms with Gasteiger partial charge in [0.25, 0.3) is 0 Å². The van der Waals surface area contributed by atoms with E-state index in [0.29, 0.717) is 16.8 Å². The first-order valence-corrected chi connectivity index (χ1v) is 8.49. The molecule has 0 saturated heterocycles. The number of benzene rings is 3. The molecule has 0 saturated carbocycles. The molecule has 1 N–H and O–H groups in total. The van der Waals surface area contributed by atoms with Gasteiger partial charge in [0.05, 0.1) is 0 Å². The Hall–Kier alpha value is -2.71. The van der Waals surface area contributed by atoms with E-state index in [-0.39, 0.29) is 11.3 Å². The number of amides is 1. The van der Waals surface area contributed by atoms with E-state index < -0.39 is 11.7 Å². The van der Waals surface area contributed by atoms with Gasteiger partial charge in [0.2, 0.25) is 0 Å². The Morgan fingerprint density at radius 1 is 0.840 bits per heavy atom. The molecule has 0 spiro atoms. The molecule has 2 radical (unpaired) electrons. The number of anilines is 1. The maximum absolute atomic E-state index is 13.8. The second-order valence-electron chi connectivity index (χ2n) is 5.36. The zero-order chi connectivity index (χ0) is 17.8. The van der Waals surface area contributed by atoms with Crippen LogP contribution in [-0.4, -0.2) is 28.5 Å². The van der Waals surface area contributed by atoms with Gasteiger partial charge in [-0.15, -0.1) is 0 Å². The van der Waals surface area contributed by atoms with Crippen LogP contribution in [0.15, 0.2) is 72.8 Å². The molecule has 3 nitrogen and oxygen atoms in total. The van der Waals surface area contributed by atoms with Crippen molar-refractivity contribution in [2.75, 3.05) is 5.32 Å². The summed E-state index contributed by atoms with van der Waals surface area (Å²) in [5.41, 5.74) is 1.14. The molecular formula is C20H13AsFNO2. The topological polar surface area (TPSA) is 46.2 Å². The van der Waals surface area contributed by atoms with E-state index in [1.807, 2.05) is 6.07 Å². The third-order valence-corrected chi connectivity index (χ3v) is 4.23. The summed E-state index contributed by atoms with van der Waals surface area (Å²) in [4.78, 5) is 25.1. The standard InChI is InChI=1S/C20H13AsFNO2/c21-14-10-11-18(23-20(25)15-8-4-5-9-17(15)22)16(12-14)19(24)13-6-2-1-3-7-13/h1-12H,(H,23,25). The fourth-order valence-corrected chi connectivity index (χ4v) is 2.84. The van der Waals surface area contributed by atoms with E-state index in [0.717, 1.165) is 4.35 Å². The van der Waals surface area contributed by atoms with E-state index >= 15 is 0 Å². The molecule has 3 aromatic carbocycles. The van der Waals surface area contributed by atoms with Crippen molar-refractivity contribution < 1.29 is 14.0 Å². The van der Waals surface area contributed by atoms with Crippen molar-refractivity contribution in [2.45, 2.75) is 0 Å². The van der Waals surface area contributed by atoms with Crippen LogP contribution < -0.4 is 9.67 Å². The minimum absolute atomic E-state index is 0.0723. The van der Waals surface area contributed by atoms with Crippen LogP contribution in [0, 0.1) is 5.82 Å². The molecule has 25 heavy (non-hydrogen) atoms. The summed E-state index contributed by atoms with van der Waals surface area (Å²) in [6.45, 7) is 0. The third kappa shape index (κ3) is 3.86. The van der Waals surface area contributed by atoms with Crippen LogP contribution in [0.5, 0.6) is 0 Å². The molecule has 0 aliphatic rings. The summed E-state index contributed by atoms with van der Waals surface area (Å²) in [6.07, 6.45) is 0. The Bertz CT molecular complexity index is 941. The first-order valence-electron chi connectivity index (χ1n) is 7.55. The van der Waals surface area contributed by atoms with Gasteiger partial charge in [-0.1, -0.05) is 0 Å². The number of hydrogen-bond donors (Lipinski definition) is 1. The average molecular weight is 393 g/mol. The second-order valence-corrected chi connectivity index (χ2v) is 6.44. The van der Waals surface area contributed by atoms with Gasteiger partial charge in [-0.05, 0) is 0 Å². The van der Waals surface area contributed by atoms with E-state index in [1.165, 1.54) is 18.2 Å². The van der Waals surface area contributed by atoms with Crippen molar-refractivity contribution in [3.05, 3.63) is 95.3 Å². The molecule has 0 fully saturated rings. The SMILES string of the molecule is O=C(Nc1ccc([As])cc1C(=O)c1ccccc1)c1ccccc1F. The van der Waals surface area contributed by atoms with Gasteiger partial charge in [0, 0.05) is 0 Å². The summed E-state index contributed by atoms with van der Waals surface area (Å²) >= 11 is 2.36. The maximum atomic E-state index is 13.8. The Kier molecular flexibility index (Phi) is 5.10. The van der Waals surface area contributed by atoms with Crippen molar-refractivity contribution in [2.24, 2.45) is 0 Å². The molecule has 0 aliphatic heterocycles. The molecule has 3 rings (SSSR count). The normalized spacial score (nSPS) is 10.3. The Balaban J connectivity index is 1.96. The van der Waals surface area contributed by atoms with Gasteiger partial charge < -0.3 is 0 Å². The molecule has 0 bridgehead atoms. The van der Waals surface area contributed by atoms with Crippen molar-refractivity contribution in [3.63, 3.8) is 0 Å². The summed E-state index contributed by atoms with van der Waals surface area (Å²) in [5, 5.41) is 2.64. The minimum atomic E-state index is -0.611. The number of hydrogen-bond acceptors (Lipinski definition) is 2. The fraction of sp³-hybridized carbons (Fsp3) is 0. The Morgan fingerprint density at radius 3 is 2.24 bits per heavy atom. The van der Waals surface area contributed by atoms with Crippen LogP contribution >= 0.6 is 0 Å². The van der Waals surface area contributed by atoms with E-state index in [4.69, 9.17) is 0 Å². The number of nitrogens with one attached hydrogen (secondary N) is 1. The zero-order valence-corrected chi connectivity index (χ0v) is 14.9. The summed E-state index contributed by atoms with van der Waals surface area (Å²) in [7, 11) is 0. The number of halogens is 1. The van der Waals surface area contributed by atoms with Crippen LogP contribution in [0.3, 0.4) is 0 Å². The summed E-state index contributed by atoms with van der Waals surface area (Å²) in [5.74, 6) is -1.42. The third-order valence-electron chi connectivity index (χ3n) is 3.65. The number of ketones is 1. The van der Waals surface area contributed by atoms with Crippen molar-refractivity contribution in [1.82, 2.24) is 0 Å². The van der Waals surface area contributed by atoms with Crippen LogP contribution in [0.25, 0.3) is 0 Å². The molecule has 0 aromatic heterocycles. The number of carbonyl (C=O) groups is 2. The van der Waals surface area contributed by atoms with Gasteiger partial charge in [-0.3, -0.25) is 0 Å². The average Bonchev–Trinajstić information content (AvgIpc) is 2.63. The Morgan fingerprint density at radius 2 is 1.52 bits per heavy atom. The van der Waals surface area contributed by atoms with Crippen LogP contribution in [0.4, 0.5) is 10.1 Å². The fourth-order valence-electron chi connectivity index (χ4n) is 2.41. The van der Waals surface area contributed by atoms with Crippen LogP contribution in [-0.2, 0) is 0 Å². The van der Waals surface area contributed by atoms with Gasteiger partial charge in [-0.25, -0.2) is 0 Å². The molecule has 122 valence electrons. The monoisotopic (exact) mass is 393 g/mol. The molecule has 3 aromatic rings. The molecule has 5 heteroatoms. The van der Waals surface area contributed by atoms with E-state index in [9.17, 15) is 14.0 Å². The molecule has 0 unspecified atom stereocenters. The van der Waals surface area contributed by atoms with E-state index in [2.05, 4.69) is 22.2 Å². The van der Waals surface area contributed by atoms with Crippen LogP contribution in [0.2, 0.25) is 0 Å². The summed E-state index contributed by atoms with van der Waals surface area (Å²) in [6, 6.07) is 19.6. The second kappa shape index (κ2) is 7.45. The predicted octanol–water partition coefficient (Wildman–Crippen LogP) is 3.10. The zero-order valence-electron chi connectivity index (χ0n) is 13.1. The van der Waals surface area contributed by atoms with Crippen molar-refractivity contribution in [3.8, 4) is 0 Å². The van der Waals surface area contributed by atoms with Gasteiger partial charge >= 0.3 is 153 Å². The number of rotatable bonds is 4. The molecule has 0 heterocycles. The Labute approximate surface area is 153 Å². The van der Waals surface area contributed by atoms with Gasteiger partial charge in [0.15, 0.2) is 0 Å². The van der Waals surface area contributed by atoms with Gasteiger partial charge in [0.1, 0.15) is 0 Å². The van der Waals surface area contributed by atoms with Crippen LogP contribution in [0.1, 0.15) is 26.3 Å². The van der Waals surface area contributed by atoms with Gasteiger partial charge in [-0.2, -0.15) is 0 Å².